The fraction of sp³-hybridized carbons (Fsp3) is 0.385. The number of halogens is 1. The van der Waals surface area contributed by atoms with Crippen LogP contribution in [0.2, 0.25) is 0 Å². The van der Waals surface area contributed by atoms with Crippen LogP contribution in [-0.4, -0.2) is 11.1 Å². The van der Waals surface area contributed by atoms with Gasteiger partial charge in [0, 0.05) is 22.2 Å². The van der Waals surface area contributed by atoms with E-state index in [4.69, 9.17) is 5.73 Å². The summed E-state index contributed by atoms with van der Waals surface area (Å²) in [5.41, 5.74) is 8.27. The molecular weight excluding hydrogens is 264 g/mol. The normalized spacial score (nSPS) is 11.2. The molecule has 86 valence electrons. The molecule has 0 fully saturated rings. The first kappa shape index (κ1) is 11.7. The maximum absolute atomic E-state index is 5.57. The van der Waals surface area contributed by atoms with E-state index in [2.05, 4.69) is 51.7 Å². The van der Waals surface area contributed by atoms with Gasteiger partial charge in [-0.3, -0.25) is 0 Å². The van der Waals surface area contributed by atoms with Crippen LogP contribution in [0.25, 0.3) is 10.9 Å². The lowest BCUT2D eigenvalue weighted by Crippen LogP contribution is -2.05. The van der Waals surface area contributed by atoms with Crippen molar-refractivity contribution < 1.29 is 0 Å². The molecule has 0 radical (unpaired) electrons. The van der Waals surface area contributed by atoms with Gasteiger partial charge in [-0.25, -0.2) is 0 Å². The number of aromatic nitrogens is 1. The third-order valence-corrected chi connectivity index (χ3v) is 3.40. The van der Waals surface area contributed by atoms with Crippen molar-refractivity contribution >= 4 is 26.8 Å². The second kappa shape index (κ2) is 5.02. The molecule has 2 N–H and O–H groups in total. The van der Waals surface area contributed by atoms with E-state index >= 15 is 0 Å². The molecule has 0 saturated carbocycles. The summed E-state index contributed by atoms with van der Waals surface area (Å²) in [6.07, 6.45) is 2.12. The van der Waals surface area contributed by atoms with E-state index < -0.39 is 0 Å². The van der Waals surface area contributed by atoms with Crippen LogP contribution >= 0.6 is 15.9 Å². The maximum atomic E-state index is 5.57. The van der Waals surface area contributed by atoms with Gasteiger partial charge in [-0.2, -0.15) is 0 Å². The highest BCUT2D eigenvalue weighted by Crippen LogP contribution is 2.24. The largest absolute Gasteiger partial charge is 0.345 e. The van der Waals surface area contributed by atoms with Crippen LogP contribution in [0.3, 0.4) is 0 Å². The summed E-state index contributed by atoms with van der Waals surface area (Å²) in [6, 6.07) is 8.72. The SMILES string of the molecule is CCn1c(CCCN)cc2ccc(Br)cc21. The van der Waals surface area contributed by atoms with Crippen molar-refractivity contribution in [2.45, 2.75) is 26.3 Å². The first-order chi connectivity index (χ1) is 7.76. The Morgan fingerprint density at radius 3 is 2.81 bits per heavy atom. The first-order valence-corrected chi connectivity index (χ1v) is 6.53. The van der Waals surface area contributed by atoms with E-state index in [1.807, 2.05) is 0 Å². The molecule has 1 heterocycles. The molecule has 2 aromatic rings. The smallest absolute Gasteiger partial charge is 0.0493 e. The van der Waals surface area contributed by atoms with Crippen LogP contribution in [0.5, 0.6) is 0 Å². The third-order valence-electron chi connectivity index (χ3n) is 2.91. The van der Waals surface area contributed by atoms with E-state index in [1.54, 1.807) is 0 Å². The highest BCUT2D eigenvalue weighted by atomic mass is 79.9. The van der Waals surface area contributed by atoms with Gasteiger partial charge in [0.15, 0.2) is 0 Å². The average molecular weight is 281 g/mol. The van der Waals surface area contributed by atoms with Crippen molar-refractivity contribution in [2.24, 2.45) is 5.73 Å². The molecule has 2 nitrogen and oxygen atoms in total. The highest BCUT2D eigenvalue weighted by molar-refractivity contribution is 9.10. The minimum Gasteiger partial charge on any atom is -0.345 e. The fourth-order valence-electron chi connectivity index (χ4n) is 2.15. The molecule has 0 aliphatic heterocycles. The van der Waals surface area contributed by atoms with Gasteiger partial charge in [0.05, 0.1) is 0 Å². The van der Waals surface area contributed by atoms with Crippen molar-refractivity contribution in [1.82, 2.24) is 4.57 Å². The topological polar surface area (TPSA) is 30.9 Å². The first-order valence-electron chi connectivity index (χ1n) is 5.74. The van der Waals surface area contributed by atoms with Crippen LogP contribution in [0.15, 0.2) is 28.7 Å². The zero-order chi connectivity index (χ0) is 11.5. The van der Waals surface area contributed by atoms with Crippen molar-refractivity contribution in [3.63, 3.8) is 0 Å². The molecule has 0 amide bonds. The minimum atomic E-state index is 0.759. The zero-order valence-corrected chi connectivity index (χ0v) is 11.1. The Morgan fingerprint density at radius 1 is 1.31 bits per heavy atom. The van der Waals surface area contributed by atoms with Gasteiger partial charge in [0.25, 0.3) is 0 Å². The van der Waals surface area contributed by atoms with E-state index in [0.29, 0.717) is 0 Å². The molecular formula is C13H17BrN2. The number of fused-ring (bicyclic) bond motifs is 1. The molecule has 0 saturated heterocycles. The van der Waals surface area contributed by atoms with Crippen LogP contribution in [0.1, 0.15) is 19.0 Å². The number of benzene rings is 1. The minimum absolute atomic E-state index is 0.759. The standard InChI is InChI=1S/C13H17BrN2/c1-2-16-12(4-3-7-15)8-10-5-6-11(14)9-13(10)16/h5-6,8-9H,2-4,7,15H2,1H3. The molecule has 16 heavy (non-hydrogen) atoms. The van der Waals surface area contributed by atoms with Crippen molar-refractivity contribution in [3.8, 4) is 0 Å². The van der Waals surface area contributed by atoms with E-state index in [1.165, 1.54) is 16.6 Å². The zero-order valence-electron chi connectivity index (χ0n) is 9.54. The van der Waals surface area contributed by atoms with E-state index in [0.717, 1.165) is 30.4 Å². The monoisotopic (exact) mass is 280 g/mol. The quantitative estimate of drug-likeness (QED) is 0.915. The summed E-state index contributed by atoms with van der Waals surface area (Å²) < 4.78 is 3.51. The summed E-state index contributed by atoms with van der Waals surface area (Å²) in [7, 11) is 0. The lowest BCUT2D eigenvalue weighted by Gasteiger charge is -2.07. The number of aryl methyl sites for hydroxylation is 2. The van der Waals surface area contributed by atoms with Gasteiger partial charge in [0.2, 0.25) is 0 Å². The Hall–Kier alpha value is -0.800. The lowest BCUT2D eigenvalue weighted by atomic mass is 10.2. The summed E-state index contributed by atoms with van der Waals surface area (Å²) in [6.45, 7) is 3.96. The second-order valence-corrected chi connectivity index (χ2v) is 4.89. The predicted octanol–water partition coefficient (Wildman–Crippen LogP) is 3.32. The Morgan fingerprint density at radius 2 is 2.12 bits per heavy atom. The van der Waals surface area contributed by atoms with E-state index in [9.17, 15) is 0 Å². The Kier molecular flexibility index (Phi) is 3.66. The second-order valence-electron chi connectivity index (χ2n) is 3.98. The summed E-state index contributed by atoms with van der Waals surface area (Å²) in [5, 5.41) is 1.32. The third kappa shape index (κ3) is 2.15. The number of nitrogens with zero attached hydrogens (tertiary/aromatic N) is 1. The number of hydrogen-bond donors (Lipinski definition) is 1. The van der Waals surface area contributed by atoms with Crippen LogP contribution in [-0.2, 0) is 13.0 Å². The Bertz CT molecular complexity index is 488. The van der Waals surface area contributed by atoms with Gasteiger partial charge in [-0.15, -0.1) is 0 Å². The van der Waals surface area contributed by atoms with Crippen molar-refractivity contribution in [1.29, 1.82) is 0 Å². The highest BCUT2D eigenvalue weighted by Gasteiger charge is 2.07. The molecule has 0 atom stereocenters. The molecule has 0 bridgehead atoms. The van der Waals surface area contributed by atoms with Crippen molar-refractivity contribution in [2.75, 3.05) is 6.54 Å². The number of hydrogen-bond acceptors (Lipinski definition) is 1. The molecule has 0 spiro atoms. The lowest BCUT2D eigenvalue weighted by molar-refractivity contribution is 0.707. The molecule has 1 aromatic heterocycles. The molecule has 1 aromatic carbocycles. The van der Waals surface area contributed by atoms with Gasteiger partial charge in [-0.05, 0) is 49.9 Å². The Labute approximate surface area is 105 Å². The summed E-state index contributed by atoms with van der Waals surface area (Å²) >= 11 is 3.52. The van der Waals surface area contributed by atoms with Gasteiger partial charge in [-0.1, -0.05) is 22.0 Å². The van der Waals surface area contributed by atoms with Gasteiger partial charge in [0.1, 0.15) is 0 Å². The van der Waals surface area contributed by atoms with Crippen LogP contribution in [0, 0.1) is 0 Å². The van der Waals surface area contributed by atoms with Crippen LogP contribution in [0.4, 0.5) is 0 Å². The molecule has 0 aliphatic carbocycles. The predicted molar refractivity (Wildman–Crippen MR) is 72.7 cm³/mol. The number of rotatable bonds is 4. The fourth-order valence-corrected chi connectivity index (χ4v) is 2.50. The number of nitrogens with two attached hydrogens (primary N) is 1. The maximum Gasteiger partial charge on any atom is 0.0493 e. The van der Waals surface area contributed by atoms with Crippen molar-refractivity contribution in [3.05, 3.63) is 34.4 Å². The summed E-state index contributed by atoms with van der Waals surface area (Å²) in [4.78, 5) is 0. The average Bonchev–Trinajstić information content (AvgIpc) is 2.63. The summed E-state index contributed by atoms with van der Waals surface area (Å²) in [5.74, 6) is 0. The Balaban J connectivity index is 2.49. The molecule has 0 aliphatic rings. The molecule has 0 unspecified atom stereocenters. The van der Waals surface area contributed by atoms with Gasteiger partial charge >= 0.3 is 0 Å². The van der Waals surface area contributed by atoms with E-state index in [-0.39, 0.29) is 0 Å². The van der Waals surface area contributed by atoms with Crippen LogP contribution < -0.4 is 5.73 Å². The van der Waals surface area contributed by atoms with Gasteiger partial charge < -0.3 is 10.3 Å². The molecule has 2 rings (SSSR count). The molecule has 3 heteroatoms.